The van der Waals surface area contributed by atoms with Crippen molar-refractivity contribution in [3.05, 3.63) is 143 Å². The molecule has 2 atom stereocenters. The van der Waals surface area contributed by atoms with Gasteiger partial charge in [0.15, 0.2) is 12.3 Å². The lowest BCUT2D eigenvalue weighted by atomic mass is 9.86. The lowest BCUT2D eigenvalue weighted by molar-refractivity contribution is 0.524. The fourth-order valence-corrected chi connectivity index (χ4v) is 9.04. The molecule has 8 nitrogen and oxygen atoms in total. The van der Waals surface area contributed by atoms with Gasteiger partial charge in [-0.25, -0.2) is 19.9 Å². The van der Waals surface area contributed by atoms with Crippen LogP contribution in [-0.2, 0) is 32.5 Å². The fourth-order valence-electron chi connectivity index (χ4n) is 9.04. The van der Waals surface area contributed by atoms with Crippen molar-refractivity contribution in [3.8, 4) is 0 Å². The van der Waals surface area contributed by atoms with Crippen molar-refractivity contribution >= 4 is 46.0 Å². The van der Waals surface area contributed by atoms with Gasteiger partial charge in [0.2, 0.25) is 0 Å². The van der Waals surface area contributed by atoms with Crippen LogP contribution in [0.1, 0.15) is 159 Å². The van der Waals surface area contributed by atoms with Gasteiger partial charge in [0, 0.05) is 44.4 Å². The van der Waals surface area contributed by atoms with Crippen LogP contribution in [0.3, 0.4) is 0 Å². The van der Waals surface area contributed by atoms with Crippen LogP contribution >= 0.6 is 0 Å². The highest BCUT2D eigenvalue weighted by Crippen LogP contribution is 2.56. The molecule has 6 heterocycles. The maximum atomic E-state index is 5.62. The lowest BCUT2D eigenvalue weighted by Gasteiger charge is -2.43. The third-order valence-corrected chi connectivity index (χ3v) is 13.0. The van der Waals surface area contributed by atoms with Gasteiger partial charge in [0.1, 0.15) is 23.3 Å². The average Bonchev–Trinajstić information content (AvgIpc) is 3.74. The molecule has 2 aliphatic heterocycles. The van der Waals surface area contributed by atoms with Crippen molar-refractivity contribution in [1.29, 1.82) is 0 Å². The van der Waals surface area contributed by atoms with Crippen molar-refractivity contribution in [2.75, 3.05) is 19.6 Å². The van der Waals surface area contributed by atoms with Crippen LogP contribution in [0.15, 0.2) is 109 Å². The van der Waals surface area contributed by atoms with Crippen molar-refractivity contribution in [2.24, 2.45) is 0 Å². The van der Waals surface area contributed by atoms with Gasteiger partial charge in [-0.1, -0.05) is 161 Å². The van der Waals surface area contributed by atoms with Gasteiger partial charge < -0.3 is 0 Å². The summed E-state index contributed by atoms with van der Waals surface area (Å²) in [7, 11) is 0. The summed E-state index contributed by atoms with van der Waals surface area (Å²) in [5.41, 5.74) is 9.87. The van der Waals surface area contributed by atoms with Crippen molar-refractivity contribution < 1.29 is 0 Å². The number of benzene rings is 2. The van der Waals surface area contributed by atoms with Gasteiger partial charge in [-0.05, 0) is 94.8 Å². The van der Waals surface area contributed by atoms with Gasteiger partial charge in [-0.15, -0.1) is 0 Å². The molecule has 0 saturated carbocycles. The Morgan fingerprint density at radius 1 is 0.288 bits per heavy atom. The molecule has 2 unspecified atom stereocenters. The molecule has 66 heavy (non-hydrogen) atoms. The molecule has 2 aromatic carbocycles. The first-order valence-electron chi connectivity index (χ1n) is 23.9. The summed E-state index contributed by atoms with van der Waals surface area (Å²) >= 11 is 0. The predicted octanol–water partition coefficient (Wildman–Crippen LogP) is 15.0. The highest BCUT2D eigenvalue weighted by Gasteiger charge is 2.54. The molecule has 6 aromatic rings. The zero-order valence-corrected chi connectivity index (χ0v) is 43.1. The summed E-state index contributed by atoms with van der Waals surface area (Å²) in [6.07, 6.45) is -0.933. The third kappa shape index (κ3) is 8.68. The van der Waals surface area contributed by atoms with E-state index in [4.69, 9.17) is 19.9 Å². The van der Waals surface area contributed by atoms with Gasteiger partial charge in [0.25, 0.3) is 0 Å². The SMILES string of the molecule is CC(C)(C)c1ccc2c(c1)N(c1cccc(C(C)(C)C)n1)C(C1N(c3cccc(C(C)(C)C)n3)c3ccc(C(C)(C)C)cc3N1c1cccc(C(C)(C)C)n1)N2c1cccc(C(C)(C)C)n1. The molecule has 0 fully saturated rings. The Kier molecular flexibility index (Phi) is 11.3. The number of anilines is 8. The summed E-state index contributed by atoms with van der Waals surface area (Å²) in [4.78, 5) is 32.4. The molecule has 0 radical (unpaired) electrons. The first-order valence-corrected chi connectivity index (χ1v) is 23.9. The quantitative estimate of drug-likeness (QED) is 0.170. The first-order chi connectivity index (χ1) is 30.5. The highest BCUT2D eigenvalue weighted by atomic mass is 15.6. The van der Waals surface area contributed by atoms with E-state index in [-0.39, 0.29) is 32.5 Å². The van der Waals surface area contributed by atoms with Crippen LogP contribution < -0.4 is 19.6 Å². The molecule has 0 saturated heterocycles. The predicted molar refractivity (Wildman–Crippen MR) is 278 cm³/mol. The van der Waals surface area contributed by atoms with E-state index in [2.05, 4.69) is 253 Å². The summed E-state index contributed by atoms with van der Waals surface area (Å²) in [6.45, 7) is 40.7. The molecular weight excluding hydrogens is 809 g/mol. The van der Waals surface area contributed by atoms with E-state index in [0.29, 0.717) is 0 Å². The number of pyridine rings is 4. The first kappa shape index (κ1) is 46.8. The molecule has 0 bridgehead atoms. The van der Waals surface area contributed by atoms with E-state index in [0.717, 1.165) is 68.8 Å². The monoisotopic (exact) mass is 883 g/mol. The van der Waals surface area contributed by atoms with Crippen molar-refractivity contribution in [3.63, 3.8) is 0 Å². The molecule has 0 amide bonds. The van der Waals surface area contributed by atoms with Gasteiger partial charge in [0.05, 0.1) is 22.7 Å². The number of rotatable bonds is 5. The minimum Gasteiger partial charge on any atom is -0.299 e. The Labute approximate surface area is 396 Å². The molecule has 0 N–H and O–H groups in total. The number of aromatic nitrogens is 4. The number of nitrogens with zero attached hydrogens (tertiary/aromatic N) is 8. The number of hydrogen-bond donors (Lipinski definition) is 0. The maximum absolute atomic E-state index is 5.62. The largest absolute Gasteiger partial charge is 0.299 e. The minimum absolute atomic E-state index is 0.117. The van der Waals surface area contributed by atoms with Crippen molar-refractivity contribution in [2.45, 2.75) is 169 Å². The molecule has 8 rings (SSSR count). The zero-order chi connectivity index (χ0) is 48.1. The van der Waals surface area contributed by atoms with Gasteiger partial charge >= 0.3 is 0 Å². The summed E-state index contributed by atoms with van der Waals surface area (Å²) < 4.78 is 0. The Balaban J connectivity index is 1.55. The smallest absolute Gasteiger partial charge is 0.154 e. The summed E-state index contributed by atoms with van der Waals surface area (Å²) in [5, 5.41) is 0. The minimum atomic E-state index is -0.466. The molecule has 346 valence electrons. The Bertz CT molecular complexity index is 2570. The van der Waals surface area contributed by atoms with E-state index in [1.165, 1.54) is 11.1 Å². The Morgan fingerprint density at radius 2 is 0.530 bits per heavy atom. The van der Waals surface area contributed by atoms with Crippen LogP contribution in [0.25, 0.3) is 0 Å². The molecule has 8 heteroatoms. The van der Waals surface area contributed by atoms with E-state index in [1.54, 1.807) is 0 Å². The fraction of sp³-hybridized carbons (Fsp3) is 0.448. The summed E-state index contributed by atoms with van der Waals surface area (Å²) in [6, 6.07) is 40.1. The third-order valence-electron chi connectivity index (χ3n) is 13.0. The standard InChI is InChI=1S/C58H74N8/c1-53(2,3)37-31-33-39-41(35-37)65(49-29-21-25-45(61-49)57(13,14)15)51(63(39)47-27-19-23-43(59-47)55(7,8)9)52-64(48-28-20-24-44(60-48)56(10,11)12)40-34-32-38(54(4,5)6)36-42(40)66(52)50-30-22-26-46(62-50)58(16,17)18/h19-36,51-52H,1-18H3. The van der Waals surface area contributed by atoms with E-state index in [1.807, 2.05) is 0 Å². The maximum Gasteiger partial charge on any atom is 0.154 e. The van der Waals surface area contributed by atoms with Gasteiger partial charge in [-0.2, -0.15) is 0 Å². The zero-order valence-electron chi connectivity index (χ0n) is 43.1. The molecule has 0 aliphatic carbocycles. The van der Waals surface area contributed by atoms with E-state index in [9.17, 15) is 0 Å². The van der Waals surface area contributed by atoms with E-state index >= 15 is 0 Å². The van der Waals surface area contributed by atoms with Crippen molar-refractivity contribution in [1.82, 2.24) is 19.9 Å². The second kappa shape index (κ2) is 16.0. The Morgan fingerprint density at radius 3 is 0.758 bits per heavy atom. The van der Waals surface area contributed by atoms with E-state index < -0.39 is 12.3 Å². The number of hydrogen-bond acceptors (Lipinski definition) is 8. The highest BCUT2D eigenvalue weighted by molar-refractivity contribution is 5.93. The van der Waals surface area contributed by atoms with Crippen LogP contribution in [0.4, 0.5) is 46.0 Å². The molecule has 0 spiro atoms. The second-order valence-corrected chi connectivity index (χ2v) is 24.7. The van der Waals surface area contributed by atoms with Crippen LogP contribution in [0.2, 0.25) is 0 Å². The van der Waals surface area contributed by atoms with Crippen LogP contribution in [0, 0.1) is 0 Å². The summed E-state index contributed by atoms with van der Waals surface area (Å²) in [5.74, 6) is 3.47. The normalized spacial score (nSPS) is 17.1. The Hall–Kier alpha value is -5.76. The lowest BCUT2D eigenvalue weighted by Crippen LogP contribution is -2.58. The molecular formula is C58H74N8. The number of fused-ring (bicyclic) bond motifs is 2. The van der Waals surface area contributed by atoms with Crippen LogP contribution in [0.5, 0.6) is 0 Å². The average molecular weight is 883 g/mol. The van der Waals surface area contributed by atoms with Crippen LogP contribution in [-0.4, -0.2) is 32.3 Å². The topological polar surface area (TPSA) is 64.5 Å². The molecule has 4 aromatic heterocycles. The second-order valence-electron chi connectivity index (χ2n) is 24.7. The van der Waals surface area contributed by atoms with Gasteiger partial charge in [-0.3, -0.25) is 19.6 Å². The molecule has 2 aliphatic rings.